The Morgan fingerprint density at radius 1 is 0.886 bits per heavy atom. The molecule has 0 amide bonds. The maximum Gasteiger partial charge on any atom is 0.209 e. The Hall–Kier alpha value is -3.20. The van der Waals surface area contributed by atoms with Crippen LogP contribution in [0.2, 0.25) is 0 Å². The molecule has 3 nitrogen and oxygen atoms in total. The molecule has 0 saturated carbocycles. The second-order valence-electron chi connectivity index (χ2n) is 14.2. The summed E-state index contributed by atoms with van der Waals surface area (Å²) >= 11 is 0. The third-order valence-electron chi connectivity index (χ3n) is 9.81. The van der Waals surface area contributed by atoms with Crippen molar-refractivity contribution < 1.29 is 9.37 Å². The number of fused-ring (bicyclic) bond motifs is 2. The maximum absolute atomic E-state index is 12.2. The minimum Gasteiger partial charge on any atom is -0.344 e. The Balaban J connectivity index is 1.60. The first-order valence-corrected chi connectivity index (χ1v) is 17.2. The molecule has 0 bridgehead atoms. The van der Waals surface area contributed by atoms with Crippen LogP contribution in [0.4, 0.5) is 11.4 Å². The average Bonchev–Trinajstić information content (AvgIpc) is 3.32. The molecule has 0 aromatic heterocycles. The lowest BCUT2D eigenvalue weighted by Crippen LogP contribution is -2.29. The standard InChI is InChI=1S/C41H57N2O/c1-10-26-42-35-23-21-31(5)28-33(35)40(7,8)38(42)19-15-12-16-20-39-41(9,25-17-13-14-18-37(44)30(3)4)34-29-32(6)22-24-36(34)43(39)27-11-2/h12,15-16,19-24,28-30H,10-11,13-14,17-18,25-27H2,1-9H3/q+1. The third kappa shape index (κ3) is 6.87. The van der Waals surface area contributed by atoms with Crippen molar-refractivity contribution in [3.05, 3.63) is 94.7 Å². The van der Waals surface area contributed by atoms with Gasteiger partial charge >= 0.3 is 0 Å². The number of hydrogen-bond acceptors (Lipinski definition) is 2. The highest BCUT2D eigenvalue weighted by Crippen LogP contribution is 2.51. The number of hydrogen-bond donors (Lipinski definition) is 0. The van der Waals surface area contributed by atoms with Gasteiger partial charge in [-0.15, -0.1) is 0 Å². The zero-order chi connectivity index (χ0) is 32.1. The molecule has 0 radical (unpaired) electrons. The first-order valence-electron chi connectivity index (χ1n) is 17.2. The monoisotopic (exact) mass is 593 g/mol. The molecule has 0 aliphatic carbocycles. The molecular formula is C41H57N2O+. The molecule has 2 heterocycles. The van der Waals surface area contributed by atoms with Crippen molar-refractivity contribution in [1.82, 2.24) is 0 Å². The first kappa shape index (κ1) is 33.7. The largest absolute Gasteiger partial charge is 0.344 e. The number of unbranched alkanes of at least 4 members (excludes halogenated alkanes) is 2. The van der Waals surface area contributed by atoms with Crippen LogP contribution in [0.3, 0.4) is 0 Å². The average molecular weight is 594 g/mol. The lowest BCUT2D eigenvalue weighted by molar-refractivity contribution is -0.437. The van der Waals surface area contributed by atoms with Gasteiger partial charge in [0.05, 0.1) is 5.41 Å². The van der Waals surface area contributed by atoms with E-state index in [0.717, 1.165) is 51.6 Å². The number of aryl methyl sites for hydroxylation is 2. The molecule has 236 valence electrons. The molecule has 2 aromatic carbocycles. The summed E-state index contributed by atoms with van der Waals surface area (Å²) in [6.07, 6.45) is 18.6. The van der Waals surface area contributed by atoms with Crippen LogP contribution in [-0.4, -0.2) is 29.2 Å². The number of anilines is 1. The van der Waals surface area contributed by atoms with Crippen LogP contribution in [0.25, 0.3) is 0 Å². The number of carbonyl (C=O) groups excluding carboxylic acids is 1. The van der Waals surface area contributed by atoms with E-state index in [0.29, 0.717) is 12.2 Å². The van der Waals surface area contributed by atoms with Crippen molar-refractivity contribution in [2.75, 3.05) is 18.0 Å². The summed E-state index contributed by atoms with van der Waals surface area (Å²) in [7, 11) is 0. The second kappa shape index (κ2) is 14.3. The quantitative estimate of drug-likeness (QED) is 0.124. The van der Waals surface area contributed by atoms with Gasteiger partial charge in [-0.25, -0.2) is 0 Å². The predicted molar refractivity (Wildman–Crippen MR) is 190 cm³/mol. The van der Waals surface area contributed by atoms with E-state index in [-0.39, 0.29) is 16.7 Å². The summed E-state index contributed by atoms with van der Waals surface area (Å²) < 4.78 is 2.52. The Morgan fingerprint density at radius 3 is 2.27 bits per heavy atom. The summed E-state index contributed by atoms with van der Waals surface area (Å²) in [5.41, 5.74) is 10.9. The van der Waals surface area contributed by atoms with Crippen molar-refractivity contribution in [2.24, 2.45) is 5.92 Å². The van der Waals surface area contributed by atoms with Crippen LogP contribution in [0.1, 0.15) is 116 Å². The number of nitrogens with zero attached hydrogens (tertiary/aromatic N) is 2. The summed E-state index contributed by atoms with van der Waals surface area (Å²) in [4.78, 5) is 14.7. The van der Waals surface area contributed by atoms with Crippen molar-refractivity contribution >= 4 is 22.9 Å². The van der Waals surface area contributed by atoms with E-state index in [1.807, 2.05) is 13.8 Å². The van der Waals surface area contributed by atoms with E-state index in [1.165, 1.54) is 45.0 Å². The van der Waals surface area contributed by atoms with Crippen LogP contribution >= 0.6 is 0 Å². The molecule has 0 saturated heterocycles. The van der Waals surface area contributed by atoms with Gasteiger partial charge in [0.2, 0.25) is 5.69 Å². The van der Waals surface area contributed by atoms with Crippen LogP contribution in [-0.2, 0) is 15.6 Å². The molecule has 0 N–H and O–H groups in total. The second-order valence-corrected chi connectivity index (χ2v) is 14.2. The number of rotatable bonds is 14. The molecular weight excluding hydrogens is 536 g/mol. The maximum atomic E-state index is 12.2. The first-order chi connectivity index (χ1) is 20.9. The topological polar surface area (TPSA) is 23.3 Å². The molecule has 1 atom stereocenters. The van der Waals surface area contributed by atoms with Gasteiger partial charge in [0.25, 0.3) is 0 Å². The highest BCUT2D eigenvalue weighted by Gasteiger charge is 2.44. The molecule has 2 aliphatic rings. The van der Waals surface area contributed by atoms with Gasteiger partial charge in [0.1, 0.15) is 12.3 Å². The Kier molecular flexibility index (Phi) is 10.9. The van der Waals surface area contributed by atoms with Gasteiger partial charge in [-0.05, 0) is 77.7 Å². The van der Waals surface area contributed by atoms with E-state index in [1.54, 1.807) is 0 Å². The Labute approximate surface area is 268 Å². The molecule has 2 aliphatic heterocycles. The number of allylic oxidation sites excluding steroid dienone is 6. The van der Waals surface area contributed by atoms with E-state index < -0.39 is 0 Å². The van der Waals surface area contributed by atoms with Crippen molar-refractivity contribution in [1.29, 1.82) is 0 Å². The van der Waals surface area contributed by atoms with E-state index in [4.69, 9.17) is 0 Å². The predicted octanol–water partition coefficient (Wildman–Crippen LogP) is 10.4. The molecule has 0 spiro atoms. The Morgan fingerprint density at radius 2 is 1.59 bits per heavy atom. The number of carbonyl (C=O) groups is 1. The summed E-state index contributed by atoms with van der Waals surface area (Å²) in [6, 6.07) is 13.9. The minimum absolute atomic E-state index is 0.0272. The highest BCUT2D eigenvalue weighted by molar-refractivity contribution is 6.03. The zero-order valence-corrected chi connectivity index (χ0v) is 29.1. The Bertz CT molecular complexity index is 1470. The molecule has 0 fully saturated rings. The molecule has 4 rings (SSSR count). The van der Waals surface area contributed by atoms with Crippen molar-refractivity contribution in [3.8, 4) is 0 Å². The van der Waals surface area contributed by atoms with E-state index >= 15 is 0 Å². The summed E-state index contributed by atoms with van der Waals surface area (Å²) in [5.74, 6) is 0.532. The lowest BCUT2D eigenvalue weighted by atomic mass is 9.76. The van der Waals surface area contributed by atoms with Crippen molar-refractivity contribution in [2.45, 2.75) is 118 Å². The van der Waals surface area contributed by atoms with Crippen LogP contribution in [0, 0.1) is 19.8 Å². The van der Waals surface area contributed by atoms with Crippen LogP contribution in [0.15, 0.2) is 72.5 Å². The number of Topliss-reactive ketones (excluding diaryl/α,β-unsaturated/α-hetero) is 1. The molecule has 1 unspecified atom stereocenters. The molecule has 2 aromatic rings. The highest BCUT2D eigenvalue weighted by atomic mass is 16.1. The fourth-order valence-electron chi connectivity index (χ4n) is 7.25. The van der Waals surface area contributed by atoms with Gasteiger partial charge in [-0.3, -0.25) is 4.79 Å². The van der Waals surface area contributed by atoms with Gasteiger partial charge in [-0.2, -0.15) is 4.58 Å². The SMILES string of the molecule is CCCN1\C(=C/C=C/C=C/C2=[N+](CCC)c3ccc(C)cc3C2(C)C)C(C)(CCCCCC(=O)C(C)C)c2cc(C)ccc21. The third-order valence-corrected chi connectivity index (χ3v) is 9.81. The molecule has 44 heavy (non-hydrogen) atoms. The smallest absolute Gasteiger partial charge is 0.209 e. The van der Waals surface area contributed by atoms with Gasteiger partial charge < -0.3 is 4.90 Å². The normalized spacial score (nSPS) is 20.1. The fraction of sp³-hybridized carbons (Fsp3) is 0.512. The fourth-order valence-corrected chi connectivity index (χ4v) is 7.25. The van der Waals surface area contributed by atoms with Crippen LogP contribution < -0.4 is 4.90 Å². The summed E-state index contributed by atoms with van der Waals surface area (Å²) in [6.45, 7) is 22.2. The van der Waals surface area contributed by atoms with Gasteiger partial charge in [0.15, 0.2) is 5.71 Å². The van der Waals surface area contributed by atoms with E-state index in [2.05, 4.69) is 125 Å². The van der Waals surface area contributed by atoms with Crippen molar-refractivity contribution in [3.63, 3.8) is 0 Å². The van der Waals surface area contributed by atoms with Crippen LogP contribution in [0.5, 0.6) is 0 Å². The summed E-state index contributed by atoms with van der Waals surface area (Å²) in [5, 5.41) is 0. The minimum atomic E-state index is -0.0493. The van der Waals surface area contributed by atoms with Gasteiger partial charge in [-0.1, -0.05) is 88.1 Å². The number of ketones is 1. The lowest BCUT2D eigenvalue weighted by Gasteiger charge is -2.30. The molecule has 3 heteroatoms. The van der Waals surface area contributed by atoms with Gasteiger partial charge in [0, 0.05) is 59.8 Å². The number of benzene rings is 2. The zero-order valence-electron chi connectivity index (χ0n) is 29.1. The van der Waals surface area contributed by atoms with E-state index in [9.17, 15) is 4.79 Å².